The summed E-state index contributed by atoms with van der Waals surface area (Å²) in [5, 5.41) is 1.28. The van der Waals surface area contributed by atoms with Crippen molar-refractivity contribution in [3.63, 3.8) is 0 Å². The van der Waals surface area contributed by atoms with Crippen LogP contribution in [0.3, 0.4) is 0 Å². The van der Waals surface area contributed by atoms with Gasteiger partial charge in [-0.25, -0.2) is 0 Å². The van der Waals surface area contributed by atoms with Crippen LogP contribution in [0.1, 0.15) is 5.56 Å². The first-order chi connectivity index (χ1) is 12.1. The van der Waals surface area contributed by atoms with E-state index in [0.29, 0.717) is 5.39 Å². The van der Waals surface area contributed by atoms with Gasteiger partial charge in [-0.05, 0) is 57.4 Å². The van der Waals surface area contributed by atoms with E-state index in [1.165, 1.54) is 12.1 Å². The van der Waals surface area contributed by atoms with Crippen LogP contribution in [0.2, 0.25) is 19.6 Å². The van der Waals surface area contributed by atoms with Crippen LogP contribution in [-0.2, 0) is 10.1 Å². The lowest BCUT2D eigenvalue weighted by Crippen LogP contribution is -2.28. The molecule has 0 radical (unpaired) electrons. The largest absolute Gasteiger partial charge is 0.534 e. The maximum atomic E-state index is 12.3. The molecule has 0 aromatic heterocycles. The van der Waals surface area contributed by atoms with Crippen LogP contribution in [0.5, 0.6) is 5.75 Å². The van der Waals surface area contributed by atoms with Crippen molar-refractivity contribution in [1.82, 2.24) is 0 Å². The Morgan fingerprint density at radius 3 is 1.93 bits per heavy atom. The second-order valence-electron chi connectivity index (χ2n) is 6.61. The first kappa shape index (κ1) is 24.0. The van der Waals surface area contributed by atoms with Crippen molar-refractivity contribution in [3.8, 4) is 17.7 Å². The Bertz CT molecular complexity index is 992. The third-order valence-corrected chi connectivity index (χ3v) is 6.39. The van der Waals surface area contributed by atoms with Gasteiger partial charge in [0.25, 0.3) is 0 Å². The smallest absolute Gasteiger partial charge is 0.375 e. The molecule has 0 saturated heterocycles. The van der Waals surface area contributed by atoms with Gasteiger partial charge in [0.1, 0.15) is 8.07 Å². The van der Waals surface area contributed by atoms with Gasteiger partial charge in [0.05, 0.1) is 4.47 Å². The molecule has 0 heterocycles. The average molecular weight is 546 g/mol. The second kappa shape index (κ2) is 8.55. The predicted molar refractivity (Wildman–Crippen MR) is 112 cm³/mol. The van der Waals surface area contributed by atoms with E-state index in [9.17, 15) is 21.6 Å². The third-order valence-electron chi connectivity index (χ3n) is 3.08. The first-order valence-corrected chi connectivity index (χ1v) is 13.9. The number of terminal acetylenes is 1. The van der Waals surface area contributed by atoms with Crippen molar-refractivity contribution in [2.45, 2.75) is 32.1 Å². The Labute approximate surface area is 174 Å². The molecular weight excluding hydrogens is 529 g/mol. The normalized spacial score (nSPS) is 12.1. The lowest BCUT2D eigenvalue weighted by atomic mass is 10.1. The lowest BCUT2D eigenvalue weighted by molar-refractivity contribution is -0.0500. The van der Waals surface area contributed by atoms with Crippen LogP contribution in [0.25, 0.3) is 10.8 Å². The molecule has 0 amide bonds. The predicted octanol–water partition coefficient (Wildman–Crippen LogP) is 6.40. The minimum absolute atomic E-state index is 0.115. The van der Waals surface area contributed by atoms with Crippen molar-refractivity contribution in [2.24, 2.45) is 0 Å². The molecule has 2 aromatic carbocycles. The van der Waals surface area contributed by atoms with Crippen molar-refractivity contribution in [2.75, 3.05) is 0 Å². The van der Waals surface area contributed by atoms with Crippen molar-refractivity contribution in [1.29, 1.82) is 0 Å². The Balaban J connectivity index is 0.000000527. The SMILES string of the molecule is C#C[Si](C)(C)C.Cc1cc2cc(Br)c(OS(=O)(=O)C(F)(F)F)cc2cc1Br. The molecule has 0 aliphatic heterocycles. The molecule has 2 aromatic rings. The minimum atomic E-state index is -5.70. The zero-order valence-corrected chi connectivity index (χ0v) is 19.9. The summed E-state index contributed by atoms with van der Waals surface area (Å²) in [7, 11) is -6.81. The van der Waals surface area contributed by atoms with E-state index >= 15 is 0 Å². The van der Waals surface area contributed by atoms with Crippen LogP contribution in [0, 0.1) is 18.9 Å². The highest BCUT2D eigenvalue weighted by Gasteiger charge is 2.48. The summed E-state index contributed by atoms with van der Waals surface area (Å²) in [6, 6.07) is 6.21. The van der Waals surface area contributed by atoms with Gasteiger partial charge < -0.3 is 4.18 Å². The number of alkyl halides is 3. The highest BCUT2D eigenvalue weighted by Crippen LogP contribution is 2.36. The third kappa shape index (κ3) is 6.82. The van der Waals surface area contributed by atoms with Gasteiger partial charge in [0, 0.05) is 4.47 Å². The van der Waals surface area contributed by atoms with E-state index in [1.807, 2.05) is 13.0 Å². The Morgan fingerprint density at radius 1 is 1.04 bits per heavy atom. The summed E-state index contributed by atoms with van der Waals surface area (Å²) in [4.78, 5) is 0. The van der Waals surface area contributed by atoms with Crippen LogP contribution >= 0.6 is 31.9 Å². The molecule has 0 unspecified atom stereocenters. The quantitative estimate of drug-likeness (QED) is 0.190. The molecule has 0 bridgehead atoms. The van der Waals surface area contributed by atoms with E-state index in [4.69, 9.17) is 6.42 Å². The summed E-state index contributed by atoms with van der Waals surface area (Å²) in [5.41, 5.74) is -1.80. The molecule has 0 fully saturated rings. The van der Waals surface area contributed by atoms with E-state index in [-0.39, 0.29) is 4.47 Å². The monoisotopic (exact) mass is 544 g/mol. The topological polar surface area (TPSA) is 43.4 Å². The van der Waals surface area contributed by atoms with E-state index in [0.717, 1.165) is 15.4 Å². The van der Waals surface area contributed by atoms with Gasteiger partial charge in [-0.3, -0.25) is 0 Å². The number of halogens is 5. The highest BCUT2D eigenvalue weighted by atomic mass is 79.9. The lowest BCUT2D eigenvalue weighted by Gasteiger charge is -2.12. The number of hydrogen-bond acceptors (Lipinski definition) is 3. The molecule has 148 valence electrons. The van der Waals surface area contributed by atoms with Gasteiger partial charge in [-0.2, -0.15) is 21.6 Å². The Hall–Kier alpha value is -1.02. The minimum Gasteiger partial charge on any atom is -0.375 e. The summed E-state index contributed by atoms with van der Waals surface area (Å²) in [5.74, 6) is -0.421. The summed E-state index contributed by atoms with van der Waals surface area (Å²) in [6.07, 6.45) is 5.12. The maximum absolute atomic E-state index is 12.3. The Morgan fingerprint density at radius 2 is 1.48 bits per heavy atom. The highest BCUT2D eigenvalue weighted by molar-refractivity contribution is 9.10. The van der Waals surface area contributed by atoms with Crippen molar-refractivity contribution < 1.29 is 25.8 Å². The van der Waals surface area contributed by atoms with Gasteiger partial charge in [-0.1, -0.05) is 41.6 Å². The number of rotatable bonds is 2. The van der Waals surface area contributed by atoms with E-state index in [1.54, 1.807) is 6.07 Å². The average Bonchev–Trinajstić information content (AvgIpc) is 2.49. The fourth-order valence-electron chi connectivity index (χ4n) is 1.62. The van der Waals surface area contributed by atoms with Crippen molar-refractivity contribution in [3.05, 3.63) is 38.8 Å². The molecule has 0 atom stereocenters. The first-order valence-electron chi connectivity index (χ1n) is 7.45. The molecule has 10 heteroatoms. The van der Waals surface area contributed by atoms with Gasteiger partial charge >= 0.3 is 15.6 Å². The molecule has 0 aliphatic carbocycles. The molecular formula is C17H17Br2F3O3SSi. The zero-order valence-electron chi connectivity index (χ0n) is 14.9. The van der Waals surface area contributed by atoms with Crippen molar-refractivity contribution >= 4 is 60.8 Å². The molecule has 2 rings (SSSR count). The Kier molecular flexibility index (Phi) is 7.61. The van der Waals surface area contributed by atoms with E-state index < -0.39 is 29.4 Å². The maximum Gasteiger partial charge on any atom is 0.534 e. The number of fused-ring (bicyclic) bond motifs is 1. The van der Waals surface area contributed by atoms with Crippen LogP contribution in [0.4, 0.5) is 13.2 Å². The summed E-state index contributed by atoms with van der Waals surface area (Å²) < 4.78 is 64.2. The fraction of sp³-hybridized carbons (Fsp3) is 0.294. The molecule has 3 nitrogen and oxygen atoms in total. The van der Waals surface area contributed by atoms with Gasteiger partial charge in [-0.15, -0.1) is 12.0 Å². The number of aryl methyl sites for hydroxylation is 1. The van der Waals surface area contributed by atoms with E-state index in [2.05, 4.69) is 61.2 Å². The molecule has 27 heavy (non-hydrogen) atoms. The zero-order chi connectivity index (χ0) is 21.2. The fourth-order valence-corrected chi connectivity index (χ4v) is 3.00. The number of hydrogen-bond donors (Lipinski definition) is 0. The van der Waals surface area contributed by atoms with Gasteiger partial charge in [0.2, 0.25) is 0 Å². The molecule has 0 aliphatic rings. The molecule has 0 N–H and O–H groups in total. The number of benzene rings is 2. The van der Waals surface area contributed by atoms with Crippen LogP contribution < -0.4 is 4.18 Å². The molecule has 0 saturated carbocycles. The standard InChI is InChI=1S/C12H7Br2F3O3S.C5H10Si/c1-6-2-7-4-10(14)11(5-8(7)3-9(6)13)20-21(18,19)12(15,16)17;1-5-6(2,3)4/h2-5H,1H3;1H,2-4H3. The van der Waals surface area contributed by atoms with Crippen LogP contribution in [0.15, 0.2) is 33.2 Å². The molecule has 0 spiro atoms. The second-order valence-corrected chi connectivity index (χ2v) is 14.6. The summed E-state index contributed by atoms with van der Waals surface area (Å²) >= 11 is 6.31. The summed E-state index contributed by atoms with van der Waals surface area (Å²) in [6.45, 7) is 8.29. The van der Waals surface area contributed by atoms with Gasteiger partial charge in [0.15, 0.2) is 5.75 Å². The van der Waals surface area contributed by atoms with Crippen LogP contribution in [-0.4, -0.2) is 22.0 Å².